The second-order valence-electron chi connectivity index (χ2n) is 4.46. The number of rotatable bonds is 7. The van der Waals surface area contributed by atoms with Gasteiger partial charge in [-0.15, -0.1) is 4.91 Å². The first kappa shape index (κ1) is 13.3. The van der Waals surface area contributed by atoms with Gasteiger partial charge in [0.1, 0.15) is 0 Å². The molecular formula is C14H18N4O. The molecule has 0 saturated carbocycles. The van der Waals surface area contributed by atoms with E-state index in [4.69, 9.17) is 0 Å². The summed E-state index contributed by atoms with van der Waals surface area (Å²) in [5.41, 5.74) is 1.97. The topological polar surface area (TPSA) is 50.5 Å². The SMILES string of the molecule is CCCCN(N=O)c1cccc(Cn2ccnc2)c1. The summed E-state index contributed by atoms with van der Waals surface area (Å²) >= 11 is 0. The molecule has 1 heterocycles. The van der Waals surface area contributed by atoms with Gasteiger partial charge in [-0.1, -0.05) is 25.5 Å². The van der Waals surface area contributed by atoms with Crippen LogP contribution in [0.1, 0.15) is 25.3 Å². The Kier molecular flexibility index (Phi) is 4.66. The smallest absolute Gasteiger partial charge is 0.0949 e. The molecule has 5 nitrogen and oxygen atoms in total. The lowest BCUT2D eigenvalue weighted by molar-refractivity contribution is 0.734. The molecule has 0 radical (unpaired) electrons. The number of benzene rings is 1. The van der Waals surface area contributed by atoms with Crippen molar-refractivity contribution in [3.8, 4) is 0 Å². The zero-order valence-corrected chi connectivity index (χ0v) is 11.1. The summed E-state index contributed by atoms with van der Waals surface area (Å²) in [5, 5.41) is 4.61. The van der Waals surface area contributed by atoms with E-state index in [9.17, 15) is 4.91 Å². The zero-order valence-electron chi connectivity index (χ0n) is 11.1. The average Bonchev–Trinajstić information content (AvgIpc) is 2.93. The summed E-state index contributed by atoms with van der Waals surface area (Å²) in [7, 11) is 0. The summed E-state index contributed by atoms with van der Waals surface area (Å²) < 4.78 is 1.99. The predicted octanol–water partition coefficient (Wildman–Crippen LogP) is 3.22. The summed E-state index contributed by atoms with van der Waals surface area (Å²) in [6, 6.07) is 7.89. The fraction of sp³-hybridized carbons (Fsp3) is 0.357. The van der Waals surface area contributed by atoms with Gasteiger partial charge < -0.3 is 4.57 Å². The van der Waals surface area contributed by atoms with Gasteiger partial charge in [0.15, 0.2) is 0 Å². The van der Waals surface area contributed by atoms with Crippen LogP contribution in [-0.2, 0) is 6.54 Å². The molecule has 0 unspecified atom stereocenters. The minimum absolute atomic E-state index is 0.661. The van der Waals surface area contributed by atoms with E-state index in [0.717, 1.165) is 30.6 Å². The highest BCUT2D eigenvalue weighted by Gasteiger charge is 2.06. The molecule has 0 amide bonds. The monoisotopic (exact) mass is 258 g/mol. The fourth-order valence-corrected chi connectivity index (χ4v) is 1.93. The van der Waals surface area contributed by atoms with Gasteiger partial charge in [0, 0.05) is 25.5 Å². The Morgan fingerprint density at radius 2 is 2.32 bits per heavy atom. The quantitative estimate of drug-likeness (QED) is 0.566. The third-order valence-electron chi connectivity index (χ3n) is 2.95. The second kappa shape index (κ2) is 6.68. The number of nitroso groups, excluding NO2 is 1. The van der Waals surface area contributed by atoms with E-state index in [2.05, 4.69) is 17.2 Å². The molecule has 0 spiro atoms. The number of anilines is 1. The highest BCUT2D eigenvalue weighted by atomic mass is 16.3. The molecule has 19 heavy (non-hydrogen) atoms. The Morgan fingerprint density at radius 3 is 3.00 bits per heavy atom. The van der Waals surface area contributed by atoms with E-state index in [0.29, 0.717) is 6.54 Å². The van der Waals surface area contributed by atoms with Crippen LogP contribution in [0.15, 0.2) is 48.3 Å². The summed E-state index contributed by atoms with van der Waals surface area (Å²) in [6.07, 6.45) is 7.45. The molecule has 0 N–H and O–H groups in total. The number of nitrogens with zero attached hydrogens (tertiary/aromatic N) is 4. The molecule has 0 aliphatic rings. The van der Waals surface area contributed by atoms with Crippen LogP contribution < -0.4 is 5.01 Å². The van der Waals surface area contributed by atoms with E-state index in [-0.39, 0.29) is 0 Å². The van der Waals surface area contributed by atoms with E-state index in [1.54, 1.807) is 12.5 Å². The summed E-state index contributed by atoms with van der Waals surface area (Å²) in [4.78, 5) is 14.9. The van der Waals surface area contributed by atoms with Crippen molar-refractivity contribution in [3.05, 3.63) is 53.5 Å². The fourth-order valence-electron chi connectivity index (χ4n) is 1.93. The molecule has 0 aliphatic heterocycles. The maximum Gasteiger partial charge on any atom is 0.0949 e. The average molecular weight is 258 g/mol. The first-order valence-corrected chi connectivity index (χ1v) is 6.49. The van der Waals surface area contributed by atoms with Crippen molar-refractivity contribution >= 4 is 5.69 Å². The van der Waals surface area contributed by atoms with Gasteiger partial charge in [-0.3, -0.25) is 0 Å². The molecule has 0 atom stereocenters. The van der Waals surface area contributed by atoms with Crippen LogP contribution in [0.5, 0.6) is 0 Å². The van der Waals surface area contributed by atoms with Crippen molar-refractivity contribution in [1.82, 2.24) is 9.55 Å². The van der Waals surface area contributed by atoms with Crippen LogP contribution in [0.3, 0.4) is 0 Å². The van der Waals surface area contributed by atoms with Gasteiger partial charge >= 0.3 is 0 Å². The first-order valence-electron chi connectivity index (χ1n) is 6.49. The lowest BCUT2D eigenvalue weighted by atomic mass is 10.2. The van der Waals surface area contributed by atoms with Crippen molar-refractivity contribution in [2.45, 2.75) is 26.3 Å². The summed E-state index contributed by atoms with van der Waals surface area (Å²) in [6.45, 7) is 3.50. The Hall–Kier alpha value is -2.17. The lowest BCUT2D eigenvalue weighted by Gasteiger charge is -2.15. The second-order valence-corrected chi connectivity index (χ2v) is 4.46. The Bertz CT molecular complexity index is 510. The van der Waals surface area contributed by atoms with Crippen LogP contribution in [0.25, 0.3) is 0 Å². The lowest BCUT2D eigenvalue weighted by Crippen LogP contribution is -2.16. The van der Waals surface area contributed by atoms with Gasteiger partial charge in [-0.25, -0.2) is 9.99 Å². The van der Waals surface area contributed by atoms with Crippen molar-refractivity contribution < 1.29 is 0 Å². The van der Waals surface area contributed by atoms with E-state index >= 15 is 0 Å². The molecular weight excluding hydrogens is 240 g/mol. The predicted molar refractivity (Wildman–Crippen MR) is 75.8 cm³/mol. The van der Waals surface area contributed by atoms with Gasteiger partial charge in [0.2, 0.25) is 0 Å². The molecule has 0 bridgehead atoms. The highest BCUT2D eigenvalue weighted by Crippen LogP contribution is 2.18. The molecule has 2 rings (SSSR count). The number of aromatic nitrogens is 2. The molecule has 1 aromatic heterocycles. The van der Waals surface area contributed by atoms with Crippen molar-refractivity contribution in [2.24, 2.45) is 5.29 Å². The molecule has 1 aromatic carbocycles. The largest absolute Gasteiger partial charge is 0.333 e. The van der Waals surface area contributed by atoms with Crippen LogP contribution in [0.2, 0.25) is 0 Å². The van der Waals surface area contributed by atoms with Crippen LogP contribution in [-0.4, -0.2) is 16.1 Å². The van der Waals surface area contributed by atoms with E-state index in [1.165, 1.54) is 5.01 Å². The third-order valence-corrected chi connectivity index (χ3v) is 2.95. The molecule has 0 aliphatic carbocycles. The normalized spacial score (nSPS) is 10.4. The minimum atomic E-state index is 0.661. The van der Waals surface area contributed by atoms with Gasteiger partial charge in [-0.2, -0.15) is 0 Å². The zero-order chi connectivity index (χ0) is 13.5. The molecule has 0 saturated heterocycles. The number of hydrogen-bond donors (Lipinski definition) is 0. The molecule has 5 heteroatoms. The van der Waals surface area contributed by atoms with Gasteiger partial charge in [0.05, 0.1) is 17.3 Å². The summed E-state index contributed by atoms with van der Waals surface area (Å²) in [5.74, 6) is 0. The Morgan fingerprint density at radius 1 is 1.42 bits per heavy atom. The number of unbranched alkanes of at least 4 members (excludes halogenated alkanes) is 1. The van der Waals surface area contributed by atoms with Crippen LogP contribution >= 0.6 is 0 Å². The van der Waals surface area contributed by atoms with Gasteiger partial charge in [-0.05, 0) is 24.1 Å². The Balaban J connectivity index is 2.11. The first-order chi connectivity index (χ1) is 9.33. The maximum atomic E-state index is 10.9. The molecule has 2 aromatic rings. The van der Waals surface area contributed by atoms with Crippen LogP contribution in [0, 0.1) is 4.91 Å². The van der Waals surface area contributed by atoms with Crippen LogP contribution in [0.4, 0.5) is 5.69 Å². The molecule has 100 valence electrons. The number of imidazole rings is 1. The van der Waals surface area contributed by atoms with Crippen molar-refractivity contribution in [1.29, 1.82) is 0 Å². The van der Waals surface area contributed by atoms with Crippen molar-refractivity contribution in [2.75, 3.05) is 11.6 Å². The Labute approximate surface area is 112 Å². The minimum Gasteiger partial charge on any atom is -0.333 e. The standard InChI is InChI=1S/C14H18N4O/c1-2-3-8-18(16-19)14-6-4-5-13(10-14)11-17-9-7-15-12-17/h4-7,9-10,12H,2-3,8,11H2,1H3. The van der Waals surface area contributed by atoms with Crippen molar-refractivity contribution in [3.63, 3.8) is 0 Å². The van der Waals surface area contributed by atoms with Gasteiger partial charge in [0.25, 0.3) is 0 Å². The number of hydrogen-bond acceptors (Lipinski definition) is 3. The van der Waals surface area contributed by atoms with E-state index < -0.39 is 0 Å². The van der Waals surface area contributed by atoms with E-state index in [1.807, 2.05) is 35.0 Å². The maximum absolute atomic E-state index is 10.9. The third kappa shape index (κ3) is 3.64. The highest BCUT2D eigenvalue weighted by molar-refractivity contribution is 5.47. The molecule has 0 fully saturated rings.